The van der Waals surface area contributed by atoms with E-state index in [0.717, 1.165) is 0 Å². The van der Waals surface area contributed by atoms with E-state index in [1.807, 2.05) is 20.8 Å². The van der Waals surface area contributed by atoms with Gasteiger partial charge in [0.1, 0.15) is 5.82 Å². The van der Waals surface area contributed by atoms with Crippen LogP contribution in [0.15, 0.2) is 48.7 Å². The summed E-state index contributed by atoms with van der Waals surface area (Å²) in [6.07, 6.45) is 1.45. The van der Waals surface area contributed by atoms with E-state index in [4.69, 9.17) is 11.6 Å². The molecule has 2 heterocycles. The number of benzene rings is 2. The molecule has 190 valence electrons. The molecule has 1 N–H and O–H groups in total. The Hall–Kier alpha value is -3.24. The van der Waals surface area contributed by atoms with Crippen molar-refractivity contribution in [1.82, 2.24) is 14.7 Å². The number of rotatable bonds is 4. The quantitative estimate of drug-likeness (QED) is 0.542. The van der Waals surface area contributed by atoms with Crippen LogP contribution in [-0.4, -0.2) is 59.5 Å². The predicted octanol–water partition coefficient (Wildman–Crippen LogP) is 4.22. The molecule has 0 saturated carbocycles. The molecule has 2 aromatic carbocycles. The first-order chi connectivity index (χ1) is 16.9. The topological polar surface area (TPSA) is 101 Å². The zero-order valence-electron chi connectivity index (χ0n) is 20.1. The maximum atomic E-state index is 13.5. The van der Waals surface area contributed by atoms with Crippen LogP contribution in [0.25, 0.3) is 11.3 Å². The lowest BCUT2D eigenvalue weighted by molar-refractivity contribution is 0.0770. The van der Waals surface area contributed by atoms with Crippen LogP contribution in [0, 0.1) is 5.82 Å². The molecular weight excluding hydrogens is 507 g/mol. The number of amides is 2. The summed E-state index contributed by atoms with van der Waals surface area (Å²) in [5, 5.41) is 7.40. The van der Waals surface area contributed by atoms with Gasteiger partial charge in [-0.15, -0.1) is 0 Å². The van der Waals surface area contributed by atoms with Gasteiger partial charge < -0.3 is 10.2 Å². The summed E-state index contributed by atoms with van der Waals surface area (Å²) < 4.78 is 38.7. The molecule has 0 bridgehead atoms. The van der Waals surface area contributed by atoms with Crippen LogP contribution in [0.1, 0.15) is 41.5 Å². The average Bonchev–Trinajstić information content (AvgIpc) is 3.26. The van der Waals surface area contributed by atoms with Gasteiger partial charge in [0.25, 0.3) is 11.8 Å². The van der Waals surface area contributed by atoms with Crippen molar-refractivity contribution >= 4 is 38.9 Å². The van der Waals surface area contributed by atoms with Gasteiger partial charge in [0.15, 0.2) is 9.84 Å². The Balaban J connectivity index is 1.63. The van der Waals surface area contributed by atoms with Crippen LogP contribution in [0.2, 0.25) is 5.02 Å². The van der Waals surface area contributed by atoms with Gasteiger partial charge in [-0.3, -0.25) is 14.3 Å². The summed E-state index contributed by atoms with van der Waals surface area (Å²) in [4.78, 5) is 27.8. The van der Waals surface area contributed by atoms with Crippen molar-refractivity contribution < 1.29 is 22.4 Å². The minimum Gasteiger partial charge on any atom is -0.337 e. The zero-order valence-corrected chi connectivity index (χ0v) is 21.7. The first-order valence-electron chi connectivity index (χ1n) is 11.3. The molecule has 0 spiro atoms. The number of carbonyl (C=O) groups is 2. The molecule has 8 nitrogen and oxygen atoms in total. The number of halogens is 2. The van der Waals surface area contributed by atoms with E-state index in [9.17, 15) is 22.4 Å². The number of sulfone groups is 1. The minimum absolute atomic E-state index is 0.0844. The molecule has 0 radical (unpaired) electrons. The second-order valence-corrected chi connectivity index (χ2v) is 12.3. The second-order valence-electron chi connectivity index (χ2n) is 9.59. The van der Waals surface area contributed by atoms with Crippen molar-refractivity contribution in [2.24, 2.45) is 0 Å². The molecule has 36 heavy (non-hydrogen) atoms. The van der Waals surface area contributed by atoms with Crippen LogP contribution < -0.4 is 5.32 Å². The normalized spacial score (nSPS) is 15.5. The highest BCUT2D eigenvalue weighted by molar-refractivity contribution is 7.91. The number of anilines is 1. The fourth-order valence-corrected chi connectivity index (χ4v) is 5.36. The Morgan fingerprint density at radius 1 is 1.03 bits per heavy atom. The van der Waals surface area contributed by atoms with E-state index in [-0.39, 0.29) is 40.7 Å². The number of aromatic nitrogens is 2. The molecule has 11 heteroatoms. The number of carbonyl (C=O) groups excluding carboxylic acids is 2. The second kappa shape index (κ2) is 9.67. The van der Waals surface area contributed by atoms with Gasteiger partial charge in [-0.05, 0) is 63.2 Å². The maximum Gasteiger partial charge on any atom is 0.259 e. The first-order valence-corrected chi connectivity index (χ1v) is 13.5. The van der Waals surface area contributed by atoms with Gasteiger partial charge in [0.2, 0.25) is 0 Å². The molecule has 1 aliphatic rings. The van der Waals surface area contributed by atoms with Crippen molar-refractivity contribution in [2.75, 3.05) is 29.9 Å². The smallest absolute Gasteiger partial charge is 0.259 e. The standard InChI is InChI=1S/C25H26ClFN4O4S/c1-25(2,3)31-22(16-4-6-17(27)7-5-16)20(15-28-31)23(32)29-18-8-9-21(26)19(14-18)24(33)30-10-12-36(34,35)13-11-30/h4-9,14-15H,10-13H2,1-3H3,(H,29,32). The molecule has 1 aromatic heterocycles. The highest BCUT2D eigenvalue weighted by Gasteiger charge is 2.28. The molecule has 1 fully saturated rings. The fourth-order valence-electron chi connectivity index (χ4n) is 3.96. The van der Waals surface area contributed by atoms with Crippen LogP contribution in [-0.2, 0) is 15.4 Å². The van der Waals surface area contributed by atoms with Crippen molar-refractivity contribution in [3.8, 4) is 11.3 Å². The van der Waals surface area contributed by atoms with E-state index in [1.54, 1.807) is 22.9 Å². The molecule has 3 aromatic rings. The molecule has 1 saturated heterocycles. The average molecular weight is 533 g/mol. The third kappa shape index (κ3) is 5.44. The van der Waals surface area contributed by atoms with Crippen molar-refractivity contribution in [1.29, 1.82) is 0 Å². The number of hydrogen-bond acceptors (Lipinski definition) is 5. The largest absolute Gasteiger partial charge is 0.337 e. The zero-order chi connectivity index (χ0) is 26.3. The SMILES string of the molecule is CC(C)(C)n1ncc(C(=O)Nc2ccc(Cl)c(C(=O)N3CCS(=O)(=O)CC3)c2)c1-c1ccc(F)cc1. The summed E-state index contributed by atoms with van der Waals surface area (Å²) in [5.41, 5.74) is 1.48. The molecular formula is C25H26ClFN4O4S. The molecule has 0 aliphatic carbocycles. The third-order valence-electron chi connectivity index (χ3n) is 5.85. The Bertz CT molecular complexity index is 1420. The van der Waals surface area contributed by atoms with Crippen LogP contribution in [0.3, 0.4) is 0 Å². The number of nitrogens with zero attached hydrogens (tertiary/aromatic N) is 3. The lowest BCUT2D eigenvalue weighted by Crippen LogP contribution is -2.43. The number of nitrogens with one attached hydrogen (secondary N) is 1. The highest BCUT2D eigenvalue weighted by atomic mass is 35.5. The van der Waals surface area contributed by atoms with Crippen LogP contribution in [0.5, 0.6) is 0 Å². The van der Waals surface area contributed by atoms with Crippen molar-refractivity contribution in [3.63, 3.8) is 0 Å². The molecule has 4 rings (SSSR count). The highest BCUT2D eigenvalue weighted by Crippen LogP contribution is 2.30. The lowest BCUT2D eigenvalue weighted by Gasteiger charge is -2.27. The first kappa shape index (κ1) is 25.8. The minimum atomic E-state index is -3.15. The predicted molar refractivity (Wildman–Crippen MR) is 137 cm³/mol. The van der Waals surface area contributed by atoms with Gasteiger partial charge in [-0.1, -0.05) is 11.6 Å². The molecule has 0 atom stereocenters. The summed E-state index contributed by atoms with van der Waals surface area (Å²) in [5.74, 6) is -1.46. The molecule has 2 amide bonds. The van der Waals surface area contributed by atoms with E-state index in [1.165, 1.54) is 35.4 Å². The Labute approximate surface area is 214 Å². The van der Waals surface area contributed by atoms with Crippen molar-refractivity contribution in [2.45, 2.75) is 26.3 Å². The third-order valence-corrected chi connectivity index (χ3v) is 7.79. The van der Waals surface area contributed by atoms with Gasteiger partial charge in [-0.2, -0.15) is 5.10 Å². The number of hydrogen-bond donors (Lipinski definition) is 1. The summed E-state index contributed by atoms with van der Waals surface area (Å²) >= 11 is 6.27. The fraction of sp³-hybridized carbons (Fsp3) is 0.320. The van der Waals surface area contributed by atoms with E-state index in [0.29, 0.717) is 16.9 Å². The Morgan fingerprint density at radius 2 is 1.67 bits per heavy atom. The van der Waals surface area contributed by atoms with Gasteiger partial charge in [0, 0.05) is 24.3 Å². The summed E-state index contributed by atoms with van der Waals surface area (Å²) in [7, 11) is -3.15. The van der Waals surface area contributed by atoms with E-state index < -0.39 is 33.0 Å². The molecule has 0 unspecified atom stereocenters. The van der Waals surface area contributed by atoms with Crippen LogP contribution >= 0.6 is 11.6 Å². The van der Waals surface area contributed by atoms with Gasteiger partial charge in [0.05, 0.1) is 45.1 Å². The maximum absolute atomic E-state index is 13.5. The summed E-state index contributed by atoms with van der Waals surface area (Å²) in [6, 6.07) is 10.4. The van der Waals surface area contributed by atoms with E-state index in [2.05, 4.69) is 10.4 Å². The van der Waals surface area contributed by atoms with Gasteiger partial charge >= 0.3 is 0 Å². The Kier molecular flexibility index (Phi) is 6.94. The van der Waals surface area contributed by atoms with Crippen LogP contribution in [0.4, 0.5) is 10.1 Å². The molecule has 1 aliphatic heterocycles. The summed E-state index contributed by atoms with van der Waals surface area (Å²) in [6.45, 7) is 6.00. The van der Waals surface area contributed by atoms with Crippen molar-refractivity contribution in [3.05, 3.63) is 70.6 Å². The van der Waals surface area contributed by atoms with Gasteiger partial charge in [-0.25, -0.2) is 12.8 Å². The Morgan fingerprint density at radius 3 is 2.28 bits per heavy atom. The van der Waals surface area contributed by atoms with E-state index >= 15 is 0 Å². The monoisotopic (exact) mass is 532 g/mol. The lowest BCUT2D eigenvalue weighted by atomic mass is 10.0.